The average molecular weight is 376 g/mol. The van der Waals surface area contributed by atoms with Crippen molar-refractivity contribution in [3.63, 3.8) is 0 Å². The molecule has 88 valence electrons. The van der Waals surface area contributed by atoms with E-state index in [1.807, 2.05) is 24.3 Å². The van der Waals surface area contributed by atoms with E-state index in [1.54, 1.807) is 11.8 Å². The number of hydrogen-bond donors (Lipinski definition) is 1. The van der Waals surface area contributed by atoms with Crippen molar-refractivity contribution in [3.05, 3.63) is 55.6 Å². The molecule has 0 saturated carbocycles. The Balaban J connectivity index is 2.07. The largest absolute Gasteiger partial charge is 0.309 e. The van der Waals surface area contributed by atoms with Crippen molar-refractivity contribution in [2.45, 2.75) is 10.6 Å². The van der Waals surface area contributed by atoms with Crippen molar-refractivity contribution in [1.29, 1.82) is 0 Å². The number of hydrogen-bond acceptors (Lipinski definition) is 3. The Morgan fingerprint density at radius 3 is 2.88 bits per heavy atom. The smallest absolute Gasteiger partial charge is 0.265 e. The molecule has 1 N–H and O–H groups in total. The summed E-state index contributed by atoms with van der Waals surface area (Å²) in [4.78, 5) is 19.3. The van der Waals surface area contributed by atoms with Gasteiger partial charge in [0.2, 0.25) is 0 Å². The van der Waals surface area contributed by atoms with Crippen molar-refractivity contribution >= 4 is 43.6 Å². The Bertz CT molecular complexity index is 586. The molecule has 0 saturated heterocycles. The molecule has 0 radical (unpaired) electrons. The fourth-order valence-electron chi connectivity index (χ4n) is 1.20. The Labute approximate surface area is 119 Å². The van der Waals surface area contributed by atoms with Crippen LogP contribution in [0.2, 0.25) is 0 Å². The molecule has 1 heterocycles. The summed E-state index contributed by atoms with van der Waals surface area (Å²) in [6, 6.07) is 8.00. The van der Waals surface area contributed by atoms with Crippen LogP contribution in [0.25, 0.3) is 0 Å². The van der Waals surface area contributed by atoms with Crippen LogP contribution in [0.5, 0.6) is 0 Å². The third-order valence-corrected chi connectivity index (χ3v) is 4.04. The molecule has 3 nitrogen and oxygen atoms in total. The summed E-state index contributed by atoms with van der Waals surface area (Å²) in [6.07, 6.45) is 1.52. The number of nitrogens with one attached hydrogen (secondary N) is 1. The zero-order valence-corrected chi connectivity index (χ0v) is 12.6. The summed E-state index contributed by atoms with van der Waals surface area (Å²) in [5.74, 6) is 1.31. The van der Waals surface area contributed by atoms with E-state index in [0.717, 1.165) is 9.37 Å². The number of halogens is 2. The fraction of sp³-hybridized carbons (Fsp3) is 0.0909. The van der Waals surface area contributed by atoms with Crippen molar-refractivity contribution < 1.29 is 0 Å². The standard InChI is InChI=1S/C11H8Br2N2OS/c12-7-2-1-3-8(4-7)17-6-10-14-5-9(13)11(16)15-10/h1-5H,6H2,(H,14,15,16). The Morgan fingerprint density at radius 1 is 1.35 bits per heavy atom. The van der Waals surface area contributed by atoms with Crippen molar-refractivity contribution in [2.24, 2.45) is 0 Å². The minimum atomic E-state index is -0.148. The molecule has 0 aliphatic carbocycles. The monoisotopic (exact) mass is 374 g/mol. The highest BCUT2D eigenvalue weighted by molar-refractivity contribution is 9.10. The van der Waals surface area contributed by atoms with E-state index < -0.39 is 0 Å². The van der Waals surface area contributed by atoms with Crippen molar-refractivity contribution in [2.75, 3.05) is 0 Å². The van der Waals surface area contributed by atoms with Crippen LogP contribution in [0.15, 0.2) is 49.1 Å². The SMILES string of the molecule is O=c1[nH]c(CSc2cccc(Br)c2)ncc1Br. The summed E-state index contributed by atoms with van der Waals surface area (Å²) in [5, 5.41) is 0. The molecule has 1 aromatic heterocycles. The van der Waals surface area contributed by atoms with E-state index in [2.05, 4.69) is 41.8 Å². The second-order valence-electron chi connectivity index (χ2n) is 3.25. The maximum Gasteiger partial charge on any atom is 0.265 e. The van der Waals surface area contributed by atoms with Gasteiger partial charge in [-0.15, -0.1) is 11.8 Å². The third-order valence-electron chi connectivity index (χ3n) is 1.98. The maximum atomic E-state index is 11.3. The first-order valence-electron chi connectivity index (χ1n) is 4.77. The maximum absolute atomic E-state index is 11.3. The second-order valence-corrected chi connectivity index (χ2v) is 6.07. The third kappa shape index (κ3) is 3.69. The molecule has 0 aliphatic heterocycles. The van der Waals surface area contributed by atoms with Crippen molar-refractivity contribution in [3.8, 4) is 0 Å². The predicted molar refractivity (Wildman–Crippen MR) is 76.3 cm³/mol. The van der Waals surface area contributed by atoms with Crippen LogP contribution >= 0.6 is 43.6 Å². The van der Waals surface area contributed by atoms with Crippen LogP contribution in [0.1, 0.15) is 5.82 Å². The zero-order valence-electron chi connectivity index (χ0n) is 8.61. The van der Waals surface area contributed by atoms with Gasteiger partial charge in [0.15, 0.2) is 0 Å². The minimum Gasteiger partial charge on any atom is -0.309 e. The van der Waals surface area contributed by atoms with Crippen LogP contribution in [-0.4, -0.2) is 9.97 Å². The minimum absolute atomic E-state index is 0.148. The first kappa shape index (κ1) is 12.9. The number of H-pyrrole nitrogens is 1. The number of benzene rings is 1. The molecular formula is C11H8Br2N2OS. The highest BCUT2D eigenvalue weighted by Gasteiger charge is 2.01. The van der Waals surface area contributed by atoms with E-state index in [-0.39, 0.29) is 5.56 Å². The van der Waals surface area contributed by atoms with Crippen LogP contribution in [0, 0.1) is 0 Å². The molecule has 17 heavy (non-hydrogen) atoms. The molecule has 0 fully saturated rings. The summed E-state index contributed by atoms with van der Waals surface area (Å²) in [6.45, 7) is 0. The van der Waals surface area contributed by atoms with E-state index >= 15 is 0 Å². The number of rotatable bonds is 3. The van der Waals surface area contributed by atoms with Gasteiger partial charge in [0.1, 0.15) is 10.3 Å². The Kier molecular flexibility index (Phi) is 4.42. The highest BCUT2D eigenvalue weighted by Crippen LogP contribution is 2.24. The van der Waals surface area contributed by atoms with Crippen LogP contribution in [0.4, 0.5) is 0 Å². The zero-order chi connectivity index (χ0) is 12.3. The molecule has 1 aromatic carbocycles. The molecule has 0 spiro atoms. The van der Waals surface area contributed by atoms with Crippen LogP contribution < -0.4 is 5.56 Å². The quantitative estimate of drug-likeness (QED) is 0.834. The lowest BCUT2D eigenvalue weighted by atomic mass is 10.4. The van der Waals surface area contributed by atoms with Gasteiger partial charge in [-0.1, -0.05) is 22.0 Å². The Hall–Kier alpha value is -0.590. The van der Waals surface area contributed by atoms with Gasteiger partial charge >= 0.3 is 0 Å². The molecule has 2 aromatic rings. The first-order valence-corrected chi connectivity index (χ1v) is 7.34. The van der Waals surface area contributed by atoms with E-state index in [0.29, 0.717) is 16.0 Å². The Morgan fingerprint density at radius 2 is 2.18 bits per heavy atom. The lowest BCUT2D eigenvalue weighted by molar-refractivity contribution is 0.990. The molecule has 6 heteroatoms. The normalized spacial score (nSPS) is 10.5. The number of aromatic amines is 1. The van der Waals surface area contributed by atoms with Crippen molar-refractivity contribution in [1.82, 2.24) is 9.97 Å². The number of aromatic nitrogens is 2. The van der Waals surface area contributed by atoms with Gasteiger partial charge in [0, 0.05) is 15.6 Å². The van der Waals surface area contributed by atoms with E-state index in [4.69, 9.17) is 0 Å². The first-order chi connectivity index (χ1) is 8.15. The summed E-state index contributed by atoms with van der Waals surface area (Å²) in [5.41, 5.74) is -0.148. The van der Waals surface area contributed by atoms with Gasteiger partial charge in [-0.3, -0.25) is 4.79 Å². The molecule has 0 unspecified atom stereocenters. The van der Waals surface area contributed by atoms with Crippen LogP contribution in [-0.2, 0) is 5.75 Å². The summed E-state index contributed by atoms with van der Waals surface area (Å²) >= 11 is 8.16. The molecule has 2 rings (SSSR count). The van der Waals surface area contributed by atoms with Gasteiger partial charge in [-0.2, -0.15) is 0 Å². The molecular weight excluding hydrogens is 368 g/mol. The molecule has 0 aliphatic rings. The van der Waals surface area contributed by atoms with Crippen LogP contribution in [0.3, 0.4) is 0 Å². The topological polar surface area (TPSA) is 45.8 Å². The fourth-order valence-corrected chi connectivity index (χ4v) is 2.79. The summed E-state index contributed by atoms with van der Waals surface area (Å²) < 4.78 is 1.49. The average Bonchev–Trinajstić information content (AvgIpc) is 2.31. The predicted octanol–water partition coefficient (Wildman–Crippen LogP) is 3.59. The molecule has 0 amide bonds. The van der Waals surface area contributed by atoms with Gasteiger partial charge in [0.25, 0.3) is 5.56 Å². The lowest BCUT2D eigenvalue weighted by Gasteiger charge is -2.02. The highest BCUT2D eigenvalue weighted by atomic mass is 79.9. The second kappa shape index (κ2) is 5.84. The van der Waals surface area contributed by atoms with Gasteiger partial charge in [0.05, 0.1) is 5.75 Å². The molecule has 0 atom stereocenters. The van der Waals surface area contributed by atoms with Gasteiger partial charge < -0.3 is 4.98 Å². The van der Waals surface area contributed by atoms with E-state index in [9.17, 15) is 4.79 Å². The summed E-state index contributed by atoms with van der Waals surface area (Å²) in [7, 11) is 0. The number of thioether (sulfide) groups is 1. The van der Waals surface area contributed by atoms with Gasteiger partial charge in [-0.25, -0.2) is 4.98 Å². The van der Waals surface area contributed by atoms with E-state index in [1.165, 1.54) is 6.20 Å². The number of nitrogens with zero attached hydrogens (tertiary/aromatic N) is 1. The van der Waals surface area contributed by atoms with Gasteiger partial charge in [-0.05, 0) is 34.1 Å². The molecule has 0 bridgehead atoms. The lowest BCUT2D eigenvalue weighted by Crippen LogP contribution is -2.10.